The molecule has 2 heterocycles. The van der Waals surface area contributed by atoms with Crippen LogP contribution >= 0.6 is 0 Å². The number of hydrogen-bond donors (Lipinski definition) is 2. The predicted octanol–water partition coefficient (Wildman–Crippen LogP) is 3.02. The van der Waals surface area contributed by atoms with Gasteiger partial charge in [0.15, 0.2) is 11.4 Å². The maximum atomic E-state index is 13.3. The van der Waals surface area contributed by atoms with Crippen LogP contribution in [0.2, 0.25) is 0 Å². The number of ether oxygens (including phenoxy) is 3. The Morgan fingerprint density at radius 1 is 1.24 bits per heavy atom. The number of rotatable bonds is 3. The number of Topliss-reactive ketones (excluding diaryl/α,β-unsaturated/α-hetero) is 1. The van der Waals surface area contributed by atoms with Gasteiger partial charge in [0.1, 0.15) is 17.8 Å². The van der Waals surface area contributed by atoms with Gasteiger partial charge in [0.2, 0.25) is 0 Å². The van der Waals surface area contributed by atoms with Crippen LogP contribution in [0.3, 0.4) is 0 Å². The molecule has 0 spiro atoms. The molecule has 192 valence electrons. The summed E-state index contributed by atoms with van der Waals surface area (Å²) in [6.45, 7) is 7.28. The second-order valence-electron chi connectivity index (χ2n) is 10.7. The van der Waals surface area contributed by atoms with Gasteiger partial charge in [-0.3, -0.25) is 9.59 Å². The molecule has 0 amide bonds. The first-order valence-corrected chi connectivity index (χ1v) is 12.6. The zero-order valence-electron chi connectivity index (χ0n) is 20.9. The summed E-state index contributed by atoms with van der Waals surface area (Å²) in [6, 6.07) is 0. The zero-order chi connectivity index (χ0) is 25.1. The van der Waals surface area contributed by atoms with Gasteiger partial charge in [0.25, 0.3) is 0 Å². The summed E-state index contributed by atoms with van der Waals surface area (Å²) in [7, 11) is 0. The van der Waals surface area contributed by atoms with E-state index in [1.54, 1.807) is 0 Å². The van der Waals surface area contributed by atoms with Crippen LogP contribution in [0.5, 0.6) is 0 Å². The Kier molecular flexibility index (Phi) is 8.58. The first-order chi connectivity index (χ1) is 15.9. The van der Waals surface area contributed by atoms with Crippen molar-refractivity contribution in [3.8, 4) is 0 Å². The summed E-state index contributed by atoms with van der Waals surface area (Å²) in [4.78, 5) is 38.4. The highest BCUT2D eigenvalue weighted by molar-refractivity contribution is 5.89. The van der Waals surface area contributed by atoms with Gasteiger partial charge in [0, 0.05) is 32.3 Å². The second kappa shape index (κ2) is 10.9. The van der Waals surface area contributed by atoms with E-state index in [4.69, 9.17) is 14.2 Å². The Morgan fingerprint density at radius 3 is 2.62 bits per heavy atom. The van der Waals surface area contributed by atoms with E-state index < -0.39 is 47.0 Å². The molecule has 1 aliphatic carbocycles. The topological polar surface area (TPSA) is 119 Å². The Labute approximate surface area is 202 Å². The number of esters is 2. The van der Waals surface area contributed by atoms with E-state index in [-0.39, 0.29) is 31.3 Å². The number of carbonyl (C=O) groups excluding carboxylic acids is 3. The molecular formula is C26H40O8. The van der Waals surface area contributed by atoms with Crippen LogP contribution < -0.4 is 0 Å². The van der Waals surface area contributed by atoms with Crippen LogP contribution in [-0.2, 0) is 28.6 Å². The Hall–Kier alpha value is -1.77. The van der Waals surface area contributed by atoms with Crippen molar-refractivity contribution in [1.82, 2.24) is 0 Å². The Balaban J connectivity index is 2.00. The fourth-order valence-corrected chi connectivity index (χ4v) is 5.53. The van der Waals surface area contributed by atoms with Crippen LogP contribution in [0.4, 0.5) is 0 Å². The largest absolute Gasteiger partial charge is 0.458 e. The Morgan fingerprint density at radius 2 is 1.97 bits per heavy atom. The standard InChI is InChI=1S/C26H40O8/c1-16-8-5-10-17(2)22(33-18(3)27)23-20(14-21(28)25(4,30)12-6-9-16)26(31,24(29)34-23)15-19-11-7-13-32-19/h9,17,19-20,22-23,30-31H,5-8,10-15H2,1-4H3/t17-,19?,20+,22+,23+,25+,26+/m0/s1. The third-order valence-corrected chi connectivity index (χ3v) is 7.72. The Bertz CT molecular complexity index is 797. The lowest BCUT2D eigenvalue weighted by Gasteiger charge is -2.35. The summed E-state index contributed by atoms with van der Waals surface area (Å²) in [5, 5.41) is 22.6. The number of allylic oxidation sites excluding steroid dienone is 2. The maximum Gasteiger partial charge on any atom is 0.339 e. The minimum Gasteiger partial charge on any atom is -0.458 e. The molecule has 2 saturated heterocycles. The van der Waals surface area contributed by atoms with Crippen LogP contribution in [-0.4, -0.2) is 64.1 Å². The average Bonchev–Trinajstić information content (AvgIpc) is 3.33. The summed E-state index contributed by atoms with van der Waals surface area (Å²) in [6.07, 6.45) is 4.40. The van der Waals surface area contributed by atoms with Gasteiger partial charge >= 0.3 is 11.9 Å². The third kappa shape index (κ3) is 6.07. The van der Waals surface area contributed by atoms with Crippen molar-refractivity contribution in [2.24, 2.45) is 11.8 Å². The molecule has 34 heavy (non-hydrogen) atoms. The highest BCUT2D eigenvalue weighted by atomic mass is 16.6. The number of aliphatic hydroxyl groups is 2. The fraction of sp³-hybridized carbons (Fsp3) is 0.808. The molecule has 0 bridgehead atoms. The lowest BCUT2D eigenvalue weighted by Crippen LogP contribution is -2.50. The average molecular weight is 481 g/mol. The molecule has 3 aliphatic rings. The molecule has 0 aromatic heterocycles. The molecule has 0 aromatic carbocycles. The van der Waals surface area contributed by atoms with E-state index in [0.29, 0.717) is 19.4 Å². The van der Waals surface area contributed by atoms with Gasteiger partial charge < -0.3 is 24.4 Å². The summed E-state index contributed by atoms with van der Waals surface area (Å²) >= 11 is 0. The van der Waals surface area contributed by atoms with E-state index in [2.05, 4.69) is 0 Å². The van der Waals surface area contributed by atoms with Crippen molar-refractivity contribution in [3.63, 3.8) is 0 Å². The molecule has 2 aliphatic heterocycles. The lowest BCUT2D eigenvalue weighted by molar-refractivity contribution is -0.167. The molecule has 7 atom stereocenters. The van der Waals surface area contributed by atoms with Crippen molar-refractivity contribution in [1.29, 1.82) is 0 Å². The predicted molar refractivity (Wildman–Crippen MR) is 124 cm³/mol. The van der Waals surface area contributed by atoms with Gasteiger partial charge in [-0.15, -0.1) is 0 Å². The zero-order valence-corrected chi connectivity index (χ0v) is 20.9. The van der Waals surface area contributed by atoms with Gasteiger partial charge in [-0.25, -0.2) is 4.79 Å². The molecule has 2 fully saturated rings. The van der Waals surface area contributed by atoms with Gasteiger partial charge in [-0.1, -0.05) is 18.6 Å². The number of ketones is 1. The molecule has 2 N–H and O–H groups in total. The van der Waals surface area contributed by atoms with Gasteiger partial charge in [-0.2, -0.15) is 0 Å². The molecule has 1 unspecified atom stereocenters. The number of fused-ring (bicyclic) bond motifs is 1. The molecule has 0 saturated carbocycles. The summed E-state index contributed by atoms with van der Waals surface area (Å²) < 4.78 is 17.0. The fourth-order valence-electron chi connectivity index (χ4n) is 5.53. The van der Waals surface area contributed by atoms with E-state index in [0.717, 1.165) is 25.7 Å². The lowest BCUT2D eigenvalue weighted by atomic mass is 9.73. The maximum absolute atomic E-state index is 13.3. The van der Waals surface area contributed by atoms with Crippen LogP contribution in [0.25, 0.3) is 0 Å². The highest BCUT2D eigenvalue weighted by Gasteiger charge is 2.61. The van der Waals surface area contributed by atoms with Crippen molar-refractivity contribution in [2.75, 3.05) is 6.61 Å². The first-order valence-electron chi connectivity index (χ1n) is 12.6. The first kappa shape index (κ1) is 26.8. The quantitative estimate of drug-likeness (QED) is 0.467. The van der Waals surface area contributed by atoms with Gasteiger partial charge in [0.05, 0.1) is 6.10 Å². The molecule has 0 radical (unpaired) electrons. The van der Waals surface area contributed by atoms with Crippen LogP contribution in [0.1, 0.15) is 85.5 Å². The molecule has 8 heteroatoms. The third-order valence-electron chi connectivity index (χ3n) is 7.72. The molecule has 0 aromatic rings. The van der Waals surface area contributed by atoms with Crippen molar-refractivity contribution < 1.29 is 38.8 Å². The minimum atomic E-state index is -1.96. The monoisotopic (exact) mass is 480 g/mol. The highest BCUT2D eigenvalue weighted by Crippen LogP contribution is 2.44. The SMILES string of the molecule is CC(=O)O[C@H]1[C@@H]2OC(=O)[C@@](O)(CC3CCCO3)[C@@H]2CC(=O)[C@](C)(O)CCC=C(C)CCC[C@@H]1C. The normalized spacial score (nSPS) is 40.2. The second-order valence-corrected chi connectivity index (χ2v) is 10.7. The smallest absolute Gasteiger partial charge is 0.339 e. The number of hydrogen-bond acceptors (Lipinski definition) is 8. The van der Waals surface area contributed by atoms with E-state index >= 15 is 0 Å². The van der Waals surface area contributed by atoms with E-state index in [1.807, 2.05) is 19.9 Å². The number of carbonyl (C=O) groups is 3. The van der Waals surface area contributed by atoms with Crippen molar-refractivity contribution >= 4 is 17.7 Å². The minimum absolute atomic E-state index is 0.00548. The van der Waals surface area contributed by atoms with Crippen molar-refractivity contribution in [3.05, 3.63) is 11.6 Å². The van der Waals surface area contributed by atoms with Crippen LogP contribution in [0.15, 0.2) is 11.6 Å². The summed E-state index contributed by atoms with van der Waals surface area (Å²) in [5.41, 5.74) is -2.41. The molecule has 3 rings (SSSR count). The van der Waals surface area contributed by atoms with E-state index in [9.17, 15) is 24.6 Å². The summed E-state index contributed by atoms with van der Waals surface area (Å²) in [5.74, 6) is -2.94. The molecule has 8 nitrogen and oxygen atoms in total. The molecular weight excluding hydrogens is 440 g/mol. The van der Waals surface area contributed by atoms with Gasteiger partial charge in [-0.05, 0) is 64.7 Å². The van der Waals surface area contributed by atoms with Crippen molar-refractivity contribution in [2.45, 2.75) is 115 Å². The van der Waals surface area contributed by atoms with Crippen LogP contribution in [0, 0.1) is 11.8 Å². The van der Waals surface area contributed by atoms with E-state index in [1.165, 1.54) is 19.4 Å².